The van der Waals surface area contributed by atoms with Crippen LogP contribution in [0.3, 0.4) is 0 Å². The molecule has 0 atom stereocenters. The van der Waals surface area contributed by atoms with E-state index in [1.165, 1.54) is 5.52 Å². The minimum Gasteiger partial charge on any atom is -0.497 e. The van der Waals surface area contributed by atoms with E-state index in [0.29, 0.717) is 11.3 Å². The number of carbonyl (C=O) groups is 1. The average Bonchev–Trinajstić information content (AvgIpc) is 2.93. The van der Waals surface area contributed by atoms with Crippen LogP contribution in [0.4, 0.5) is 0 Å². The maximum absolute atomic E-state index is 12.2. The zero-order valence-electron chi connectivity index (χ0n) is 14.6. The van der Waals surface area contributed by atoms with E-state index in [9.17, 15) is 4.79 Å². The summed E-state index contributed by atoms with van der Waals surface area (Å²) in [5.74, 6) is 0.457. The van der Waals surface area contributed by atoms with Gasteiger partial charge in [0.1, 0.15) is 5.75 Å². The molecule has 1 heterocycles. The first kappa shape index (κ1) is 16.8. The molecule has 128 valence electrons. The van der Waals surface area contributed by atoms with Gasteiger partial charge in [0.15, 0.2) is 0 Å². The van der Waals surface area contributed by atoms with Gasteiger partial charge >= 0.3 is 0 Å². The minimum absolute atomic E-state index is 0.254. The lowest BCUT2D eigenvalue weighted by Crippen LogP contribution is -2.17. The molecule has 25 heavy (non-hydrogen) atoms. The van der Waals surface area contributed by atoms with E-state index < -0.39 is 0 Å². The summed E-state index contributed by atoms with van der Waals surface area (Å²) in [6.07, 6.45) is 1.71. The maximum atomic E-state index is 12.2. The van der Waals surface area contributed by atoms with Gasteiger partial charge in [0, 0.05) is 34.3 Å². The number of aryl methyl sites for hydroxylation is 1. The molecule has 0 bridgehead atoms. The van der Waals surface area contributed by atoms with Crippen LogP contribution in [-0.4, -0.2) is 23.8 Å². The molecule has 1 amide bonds. The predicted molar refractivity (Wildman–Crippen MR) is 100 cm³/mol. The summed E-state index contributed by atoms with van der Waals surface area (Å²) in [6.45, 7) is 5.07. The van der Waals surface area contributed by atoms with Gasteiger partial charge in [-0.15, -0.1) is 0 Å². The second-order valence-corrected chi connectivity index (χ2v) is 5.69. The van der Waals surface area contributed by atoms with Crippen molar-refractivity contribution in [3.8, 4) is 5.75 Å². The molecule has 1 aromatic heterocycles. The number of amides is 1. The van der Waals surface area contributed by atoms with Crippen LogP contribution in [0.15, 0.2) is 53.6 Å². The number of carbonyl (C=O) groups excluding carboxylic acids is 1. The Balaban J connectivity index is 1.81. The van der Waals surface area contributed by atoms with Crippen molar-refractivity contribution < 1.29 is 9.53 Å². The maximum Gasteiger partial charge on any atom is 0.271 e. The molecular formula is C20H21N3O2. The normalized spacial score (nSPS) is 11.2. The highest BCUT2D eigenvalue weighted by Gasteiger charge is 2.11. The summed E-state index contributed by atoms with van der Waals surface area (Å²) in [6, 6.07) is 15.1. The van der Waals surface area contributed by atoms with E-state index >= 15 is 0 Å². The third-order valence-corrected chi connectivity index (χ3v) is 4.31. The topological polar surface area (TPSA) is 55.6 Å². The van der Waals surface area contributed by atoms with Crippen molar-refractivity contribution in [2.75, 3.05) is 7.11 Å². The first-order valence-electron chi connectivity index (χ1n) is 8.21. The predicted octanol–water partition coefficient (Wildman–Crippen LogP) is 3.74. The quantitative estimate of drug-likeness (QED) is 0.570. The van der Waals surface area contributed by atoms with Gasteiger partial charge in [-0.3, -0.25) is 4.79 Å². The summed E-state index contributed by atoms with van der Waals surface area (Å²) < 4.78 is 7.33. The summed E-state index contributed by atoms with van der Waals surface area (Å²) >= 11 is 0. The van der Waals surface area contributed by atoms with Crippen molar-refractivity contribution in [3.63, 3.8) is 0 Å². The number of rotatable bonds is 5. The molecule has 0 aliphatic carbocycles. The SMILES string of the molecule is CCn1c(C)c(/C=N\NC(=O)c2ccc(OC)cc2)c2ccccc21. The number of hydrogen-bond acceptors (Lipinski definition) is 3. The fraction of sp³-hybridized carbons (Fsp3) is 0.200. The second-order valence-electron chi connectivity index (χ2n) is 5.69. The molecule has 0 unspecified atom stereocenters. The third kappa shape index (κ3) is 3.26. The zero-order valence-corrected chi connectivity index (χ0v) is 14.6. The van der Waals surface area contributed by atoms with Crippen LogP contribution in [0.25, 0.3) is 10.9 Å². The molecule has 0 fully saturated rings. The highest BCUT2D eigenvalue weighted by atomic mass is 16.5. The smallest absolute Gasteiger partial charge is 0.271 e. The van der Waals surface area contributed by atoms with Crippen LogP contribution in [0.2, 0.25) is 0 Å². The number of methoxy groups -OCH3 is 1. The van der Waals surface area contributed by atoms with E-state index in [2.05, 4.69) is 41.1 Å². The summed E-state index contributed by atoms with van der Waals surface area (Å²) in [5.41, 5.74) is 6.44. The summed E-state index contributed by atoms with van der Waals surface area (Å²) in [7, 11) is 1.59. The van der Waals surface area contributed by atoms with Crippen LogP contribution in [0.5, 0.6) is 5.75 Å². The van der Waals surface area contributed by atoms with Gasteiger partial charge in [0.2, 0.25) is 0 Å². The molecule has 5 heteroatoms. The molecule has 0 aliphatic heterocycles. The van der Waals surface area contributed by atoms with Gasteiger partial charge in [0.25, 0.3) is 5.91 Å². The minimum atomic E-state index is -0.254. The van der Waals surface area contributed by atoms with Crippen LogP contribution < -0.4 is 10.2 Å². The van der Waals surface area contributed by atoms with Crippen molar-refractivity contribution >= 4 is 23.0 Å². The lowest BCUT2D eigenvalue weighted by atomic mass is 10.1. The monoisotopic (exact) mass is 335 g/mol. The van der Waals surface area contributed by atoms with Crippen molar-refractivity contribution in [2.45, 2.75) is 20.4 Å². The number of ether oxygens (including phenoxy) is 1. The fourth-order valence-corrected chi connectivity index (χ4v) is 2.99. The van der Waals surface area contributed by atoms with Crippen molar-refractivity contribution in [1.29, 1.82) is 0 Å². The Labute approximate surface area is 146 Å². The number of nitrogens with one attached hydrogen (secondary N) is 1. The number of hydrogen-bond donors (Lipinski definition) is 1. The van der Waals surface area contributed by atoms with Crippen molar-refractivity contribution in [3.05, 3.63) is 65.4 Å². The van der Waals surface area contributed by atoms with Gasteiger partial charge in [-0.1, -0.05) is 18.2 Å². The number of para-hydroxylation sites is 1. The van der Waals surface area contributed by atoms with Gasteiger partial charge in [-0.25, -0.2) is 5.43 Å². The molecule has 3 rings (SSSR count). The van der Waals surface area contributed by atoms with Crippen molar-refractivity contribution in [2.24, 2.45) is 5.10 Å². The fourth-order valence-electron chi connectivity index (χ4n) is 2.99. The number of aromatic nitrogens is 1. The Kier molecular flexibility index (Phi) is 4.84. The van der Waals surface area contributed by atoms with Crippen molar-refractivity contribution in [1.82, 2.24) is 9.99 Å². The van der Waals surface area contributed by atoms with E-state index in [1.54, 1.807) is 37.6 Å². The highest BCUT2D eigenvalue weighted by Crippen LogP contribution is 2.24. The Bertz CT molecular complexity index is 924. The zero-order chi connectivity index (χ0) is 17.8. The number of benzene rings is 2. The Morgan fingerprint density at radius 3 is 2.60 bits per heavy atom. The van der Waals surface area contributed by atoms with Crippen LogP contribution in [0, 0.1) is 6.92 Å². The average molecular weight is 335 g/mol. The van der Waals surface area contributed by atoms with E-state index in [-0.39, 0.29) is 5.91 Å². The van der Waals surface area contributed by atoms with Crippen LogP contribution >= 0.6 is 0 Å². The Hall–Kier alpha value is -3.08. The second kappa shape index (κ2) is 7.21. The molecule has 0 saturated heterocycles. The Morgan fingerprint density at radius 1 is 1.20 bits per heavy atom. The van der Waals surface area contributed by atoms with Gasteiger partial charge in [-0.05, 0) is 44.2 Å². The molecule has 0 saturated carbocycles. The number of hydrazone groups is 1. The molecule has 0 spiro atoms. The highest BCUT2D eigenvalue weighted by molar-refractivity contribution is 6.02. The van der Waals surface area contributed by atoms with Gasteiger partial charge < -0.3 is 9.30 Å². The van der Waals surface area contributed by atoms with E-state index in [4.69, 9.17) is 4.74 Å². The first-order chi connectivity index (χ1) is 12.2. The van der Waals surface area contributed by atoms with Crippen LogP contribution in [0.1, 0.15) is 28.5 Å². The van der Waals surface area contributed by atoms with Crippen LogP contribution in [-0.2, 0) is 6.54 Å². The number of nitrogens with zero attached hydrogens (tertiary/aromatic N) is 2. The molecule has 0 radical (unpaired) electrons. The lowest BCUT2D eigenvalue weighted by Gasteiger charge is -2.03. The summed E-state index contributed by atoms with van der Waals surface area (Å²) in [4.78, 5) is 12.2. The molecule has 5 nitrogen and oxygen atoms in total. The molecule has 1 N–H and O–H groups in total. The molecule has 0 aliphatic rings. The first-order valence-corrected chi connectivity index (χ1v) is 8.21. The largest absolute Gasteiger partial charge is 0.497 e. The van der Waals surface area contributed by atoms with Gasteiger partial charge in [0.05, 0.1) is 13.3 Å². The third-order valence-electron chi connectivity index (χ3n) is 4.31. The molecular weight excluding hydrogens is 314 g/mol. The number of fused-ring (bicyclic) bond motifs is 1. The molecule has 3 aromatic rings. The van der Waals surface area contributed by atoms with E-state index in [0.717, 1.165) is 23.2 Å². The summed E-state index contributed by atoms with van der Waals surface area (Å²) in [5, 5.41) is 5.28. The molecule has 2 aromatic carbocycles. The van der Waals surface area contributed by atoms with Gasteiger partial charge in [-0.2, -0.15) is 5.10 Å². The Morgan fingerprint density at radius 2 is 1.92 bits per heavy atom. The standard InChI is InChI=1S/C20H21N3O2/c1-4-23-14(2)18(17-7-5-6-8-19(17)23)13-21-22-20(24)15-9-11-16(25-3)12-10-15/h5-13H,4H2,1-3H3,(H,22,24)/b21-13-. The van der Waals surface area contributed by atoms with E-state index in [1.807, 2.05) is 12.1 Å². The lowest BCUT2D eigenvalue weighted by molar-refractivity contribution is 0.0955.